The number of thioether (sulfide) groups is 1. The lowest BCUT2D eigenvalue weighted by molar-refractivity contribution is 0.255. The molecule has 0 unspecified atom stereocenters. The molecular formula is C20H23N3OS. The number of aromatic hydroxyl groups is 1. The number of aryl methyl sites for hydroxylation is 2. The van der Waals surface area contributed by atoms with Gasteiger partial charge in [0.1, 0.15) is 11.8 Å². The second-order valence-electron chi connectivity index (χ2n) is 6.84. The molecule has 1 N–H and O–H groups in total. The van der Waals surface area contributed by atoms with E-state index in [0.717, 1.165) is 34.2 Å². The van der Waals surface area contributed by atoms with E-state index in [2.05, 4.69) is 35.0 Å². The van der Waals surface area contributed by atoms with E-state index >= 15 is 0 Å². The van der Waals surface area contributed by atoms with Gasteiger partial charge in [0.25, 0.3) is 0 Å². The molecule has 0 amide bonds. The third-order valence-electron chi connectivity index (χ3n) is 5.18. The van der Waals surface area contributed by atoms with Gasteiger partial charge in [-0.1, -0.05) is 36.9 Å². The molecule has 4 nitrogen and oxygen atoms in total. The van der Waals surface area contributed by atoms with Gasteiger partial charge in [-0.15, -0.1) is 0 Å². The lowest BCUT2D eigenvalue weighted by Crippen LogP contribution is -2.35. The van der Waals surface area contributed by atoms with E-state index in [0.29, 0.717) is 11.8 Å². The third-order valence-corrected chi connectivity index (χ3v) is 6.31. The minimum absolute atomic E-state index is 0.00129. The van der Waals surface area contributed by atoms with Crippen molar-refractivity contribution in [2.24, 2.45) is 4.99 Å². The molecular weight excluding hydrogens is 330 g/mol. The molecule has 0 saturated carbocycles. The highest BCUT2D eigenvalue weighted by atomic mass is 32.2. The van der Waals surface area contributed by atoms with Crippen molar-refractivity contribution in [2.75, 3.05) is 5.75 Å². The van der Waals surface area contributed by atoms with E-state index in [9.17, 15) is 5.11 Å². The van der Waals surface area contributed by atoms with Crippen LogP contribution in [0.3, 0.4) is 0 Å². The van der Waals surface area contributed by atoms with Crippen molar-refractivity contribution in [3.63, 3.8) is 0 Å². The van der Waals surface area contributed by atoms with Crippen molar-refractivity contribution in [2.45, 2.75) is 45.3 Å². The Bertz CT molecular complexity index is 798. The molecule has 25 heavy (non-hydrogen) atoms. The first-order valence-electron chi connectivity index (χ1n) is 8.80. The number of pyridine rings is 1. The number of rotatable bonds is 3. The first-order chi connectivity index (χ1) is 12.1. The van der Waals surface area contributed by atoms with Crippen molar-refractivity contribution in [3.8, 4) is 5.75 Å². The molecule has 1 fully saturated rings. The fraction of sp³-hybridized carbons (Fsp3) is 0.400. The van der Waals surface area contributed by atoms with Gasteiger partial charge in [-0.3, -0.25) is 9.98 Å². The minimum Gasteiger partial charge on any atom is -0.507 e. The molecule has 2 aliphatic heterocycles. The zero-order chi connectivity index (χ0) is 17.6. The lowest BCUT2D eigenvalue weighted by atomic mass is 9.92. The van der Waals surface area contributed by atoms with Crippen LogP contribution >= 0.6 is 11.8 Å². The number of nitrogens with zero attached hydrogens (tertiary/aromatic N) is 3. The van der Waals surface area contributed by atoms with Crippen molar-refractivity contribution < 1.29 is 5.11 Å². The third kappa shape index (κ3) is 2.71. The van der Waals surface area contributed by atoms with E-state index in [1.54, 1.807) is 0 Å². The van der Waals surface area contributed by atoms with E-state index in [-0.39, 0.29) is 12.1 Å². The number of hydrogen-bond donors (Lipinski definition) is 1. The predicted molar refractivity (Wildman–Crippen MR) is 103 cm³/mol. The molecule has 2 aromatic rings. The van der Waals surface area contributed by atoms with Crippen LogP contribution in [-0.4, -0.2) is 32.0 Å². The van der Waals surface area contributed by atoms with E-state index in [4.69, 9.17) is 4.99 Å². The Balaban J connectivity index is 1.83. The molecule has 1 aromatic heterocycles. The number of amidine groups is 1. The van der Waals surface area contributed by atoms with Gasteiger partial charge in [0, 0.05) is 18.0 Å². The zero-order valence-electron chi connectivity index (χ0n) is 14.8. The fourth-order valence-electron chi connectivity index (χ4n) is 3.87. The van der Waals surface area contributed by atoms with Gasteiger partial charge >= 0.3 is 0 Å². The Morgan fingerprint density at radius 2 is 2.00 bits per heavy atom. The van der Waals surface area contributed by atoms with Crippen molar-refractivity contribution in [1.82, 2.24) is 9.88 Å². The lowest BCUT2D eigenvalue weighted by Gasteiger charge is -2.32. The highest BCUT2D eigenvalue weighted by Gasteiger charge is 2.45. The van der Waals surface area contributed by atoms with Crippen LogP contribution in [0.5, 0.6) is 5.75 Å². The summed E-state index contributed by atoms with van der Waals surface area (Å²) in [5.74, 6) is 1.48. The summed E-state index contributed by atoms with van der Waals surface area (Å²) in [6.45, 7) is 6.18. The standard InChI is InChI=1S/C20H23N3OS/c1-4-15-11-25-20-22-17(16-7-5-6-8-21-16)18(23(15)20)14-9-12(2)19(24)13(3)10-14/h5-10,15,17-18,24H,4,11H2,1-3H3/t15-,17+,18-/m1/s1. The summed E-state index contributed by atoms with van der Waals surface area (Å²) in [6.07, 6.45) is 2.95. The predicted octanol–water partition coefficient (Wildman–Crippen LogP) is 4.38. The Hall–Kier alpha value is -2.01. The first-order valence-corrected chi connectivity index (χ1v) is 9.78. The molecule has 0 spiro atoms. The molecule has 3 atom stereocenters. The van der Waals surface area contributed by atoms with Crippen LogP contribution in [-0.2, 0) is 0 Å². The van der Waals surface area contributed by atoms with Crippen LogP contribution in [0.4, 0.5) is 0 Å². The molecule has 1 saturated heterocycles. The van der Waals surface area contributed by atoms with Gasteiger partial charge in [-0.25, -0.2) is 0 Å². The highest BCUT2D eigenvalue weighted by Crippen LogP contribution is 2.49. The normalized spacial score (nSPS) is 25.2. The molecule has 0 bridgehead atoms. The number of phenols is 1. The average Bonchev–Trinajstić information content (AvgIpc) is 3.18. The molecule has 4 rings (SSSR count). The highest BCUT2D eigenvalue weighted by molar-refractivity contribution is 8.14. The van der Waals surface area contributed by atoms with E-state index in [1.807, 2.05) is 43.9 Å². The number of fused-ring (bicyclic) bond motifs is 1. The van der Waals surface area contributed by atoms with Crippen LogP contribution in [0.25, 0.3) is 0 Å². The van der Waals surface area contributed by atoms with Gasteiger partial charge in [-0.2, -0.15) is 0 Å². The summed E-state index contributed by atoms with van der Waals surface area (Å²) in [4.78, 5) is 12.1. The van der Waals surface area contributed by atoms with Gasteiger partial charge in [0.2, 0.25) is 0 Å². The molecule has 130 valence electrons. The zero-order valence-corrected chi connectivity index (χ0v) is 15.6. The molecule has 5 heteroatoms. The van der Waals surface area contributed by atoms with Crippen LogP contribution < -0.4 is 0 Å². The maximum atomic E-state index is 10.2. The van der Waals surface area contributed by atoms with Crippen LogP contribution in [0.15, 0.2) is 41.5 Å². The van der Waals surface area contributed by atoms with Gasteiger partial charge < -0.3 is 10.0 Å². The topological polar surface area (TPSA) is 48.7 Å². The van der Waals surface area contributed by atoms with Gasteiger partial charge in [0.05, 0.1) is 11.7 Å². The van der Waals surface area contributed by atoms with Gasteiger partial charge in [-0.05, 0) is 49.1 Å². The second kappa shape index (κ2) is 6.37. The Labute approximate surface area is 153 Å². The number of aromatic nitrogens is 1. The quantitative estimate of drug-likeness (QED) is 0.889. The molecule has 2 aliphatic rings. The first kappa shape index (κ1) is 16.5. The summed E-state index contributed by atoms with van der Waals surface area (Å²) in [5.41, 5.74) is 4.06. The number of hydrogen-bond acceptors (Lipinski definition) is 5. The summed E-state index contributed by atoms with van der Waals surface area (Å²) < 4.78 is 0. The maximum Gasteiger partial charge on any atom is 0.160 e. The number of phenolic OH excluding ortho intramolecular Hbond substituents is 1. The average molecular weight is 353 g/mol. The van der Waals surface area contributed by atoms with Crippen LogP contribution in [0.2, 0.25) is 0 Å². The van der Waals surface area contributed by atoms with E-state index in [1.165, 1.54) is 5.56 Å². The summed E-state index contributed by atoms with van der Waals surface area (Å²) in [7, 11) is 0. The smallest absolute Gasteiger partial charge is 0.160 e. The van der Waals surface area contributed by atoms with Crippen molar-refractivity contribution in [3.05, 3.63) is 58.9 Å². The maximum absolute atomic E-state index is 10.2. The van der Waals surface area contributed by atoms with Gasteiger partial charge in [0.15, 0.2) is 5.17 Å². The second-order valence-corrected chi connectivity index (χ2v) is 7.83. The SMILES string of the molecule is CC[C@@H]1CSC2=N[C@@H](c3ccccn3)[C@@H](c3cc(C)c(O)c(C)c3)N21. The van der Waals surface area contributed by atoms with Crippen LogP contribution in [0, 0.1) is 13.8 Å². The van der Waals surface area contributed by atoms with Crippen molar-refractivity contribution in [1.29, 1.82) is 0 Å². The largest absolute Gasteiger partial charge is 0.507 e. The molecule has 0 radical (unpaired) electrons. The molecule has 0 aliphatic carbocycles. The minimum atomic E-state index is 0.00129. The van der Waals surface area contributed by atoms with E-state index < -0.39 is 0 Å². The Morgan fingerprint density at radius 3 is 2.64 bits per heavy atom. The Kier molecular flexibility index (Phi) is 4.20. The Morgan fingerprint density at radius 1 is 1.24 bits per heavy atom. The molecule has 1 aromatic carbocycles. The fourth-order valence-corrected chi connectivity index (χ4v) is 5.21. The number of aliphatic imine (C=N–C) groups is 1. The van der Waals surface area contributed by atoms with Crippen molar-refractivity contribution >= 4 is 16.9 Å². The summed E-state index contributed by atoms with van der Waals surface area (Å²) >= 11 is 1.85. The number of benzene rings is 1. The molecule has 3 heterocycles. The summed E-state index contributed by atoms with van der Waals surface area (Å²) in [5, 5.41) is 11.3. The monoisotopic (exact) mass is 353 g/mol. The summed E-state index contributed by atoms with van der Waals surface area (Å²) in [6, 6.07) is 10.9. The van der Waals surface area contributed by atoms with Crippen LogP contribution in [0.1, 0.15) is 47.8 Å².